The smallest absolute Gasteiger partial charge is 0.131 e. The van der Waals surface area contributed by atoms with Crippen LogP contribution in [0.5, 0.6) is 0 Å². The normalized spacial score (nSPS) is 18.2. The lowest BCUT2D eigenvalue weighted by molar-refractivity contribution is 0.621. The van der Waals surface area contributed by atoms with Gasteiger partial charge < -0.3 is 10.2 Å². The molecule has 2 aromatic rings. The van der Waals surface area contributed by atoms with Gasteiger partial charge in [-0.15, -0.1) is 0 Å². The van der Waals surface area contributed by atoms with Gasteiger partial charge in [-0.2, -0.15) is 0 Å². The van der Waals surface area contributed by atoms with Crippen LogP contribution in [0.15, 0.2) is 42.7 Å². The SMILES string of the molecule is Clc1cc(N2CCC(CNc3ccccn3)C2)ccn1. The second-order valence-electron chi connectivity index (χ2n) is 5.03. The molecule has 0 aromatic carbocycles. The van der Waals surface area contributed by atoms with Crippen LogP contribution in [0.2, 0.25) is 5.15 Å². The molecule has 0 amide bonds. The number of hydrogen-bond acceptors (Lipinski definition) is 4. The molecule has 0 bridgehead atoms. The first kappa shape index (κ1) is 13.2. The van der Waals surface area contributed by atoms with Crippen LogP contribution in [0.25, 0.3) is 0 Å². The highest BCUT2D eigenvalue weighted by molar-refractivity contribution is 6.29. The van der Waals surface area contributed by atoms with Crippen LogP contribution < -0.4 is 10.2 Å². The van der Waals surface area contributed by atoms with Crippen molar-refractivity contribution in [3.8, 4) is 0 Å². The van der Waals surface area contributed by atoms with Crippen molar-refractivity contribution in [3.63, 3.8) is 0 Å². The van der Waals surface area contributed by atoms with Crippen LogP contribution in [0.4, 0.5) is 11.5 Å². The number of nitrogens with one attached hydrogen (secondary N) is 1. The maximum atomic E-state index is 5.94. The van der Waals surface area contributed by atoms with E-state index in [1.807, 2.05) is 36.5 Å². The van der Waals surface area contributed by atoms with Crippen molar-refractivity contribution in [2.24, 2.45) is 5.92 Å². The Kier molecular flexibility index (Phi) is 4.02. The lowest BCUT2D eigenvalue weighted by atomic mass is 10.1. The summed E-state index contributed by atoms with van der Waals surface area (Å²) in [5.41, 5.74) is 1.16. The fourth-order valence-corrected chi connectivity index (χ4v) is 2.71. The van der Waals surface area contributed by atoms with E-state index in [0.717, 1.165) is 31.1 Å². The van der Waals surface area contributed by atoms with Gasteiger partial charge >= 0.3 is 0 Å². The van der Waals surface area contributed by atoms with E-state index in [9.17, 15) is 0 Å². The van der Waals surface area contributed by atoms with Crippen LogP contribution >= 0.6 is 11.6 Å². The monoisotopic (exact) mass is 288 g/mol. The van der Waals surface area contributed by atoms with Crippen molar-refractivity contribution in [2.75, 3.05) is 29.9 Å². The number of hydrogen-bond donors (Lipinski definition) is 1. The summed E-state index contributed by atoms with van der Waals surface area (Å²) in [5.74, 6) is 1.57. The fourth-order valence-electron chi connectivity index (χ4n) is 2.54. The molecule has 0 spiro atoms. The van der Waals surface area contributed by atoms with Crippen molar-refractivity contribution in [1.29, 1.82) is 0 Å². The van der Waals surface area contributed by atoms with Crippen molar-refractivity contribution >= 4 is 23.1 Å². The van der Waals surface area contributed by atoms with Crippen LogP contribution in [0, 0.1) is 5.92 Å². The maximum absolute atomic E-state index is 5.94. The molecule has 3 heterocycles. The van der Waals surface area contributed by atoms with E-state index in [1.54, 1.807) is 6.20 Å². The summed E-state index contributed by atoms with van der Waals surface area (Å²) in [6, 6.07) is 9.86. The second kappa shape index (κ2) is 6.09. The number of rotatable bonds is 4. The van der Waals surface area contributed by atoms with Gasteiger partial charge in [0, 0.05) is 37.7 Å². The van der Waals surface area contributed by atoms with Gasteiger partial charge in [-0.25, -0.2) is 9.97 Å². The average Bonchev–Trinajstić information content (AvgIpc) is 2.95. The molecule has 3 rings (SSSR count). The van der Waals surface area contributed by atoms with E-state index >= 15 is 0 Å². The molecular weight excluding hydrogens is 272 g/mol. The van der Waals surface area contributed by atoms with E-state index in [4.69, 9.17) is 11.6 Å². The third-order valence-electron chi connectivity index (χ3n) is 3.60. The molecule has 104 valence electrons. The Morgan fingerprint density at radius 2 is 2.20 bits per heavy atom. The van der Waals surface area contributed by atoms with Crippen molar-refractivity contribution in [2.45, 2.75) is 6.42 Å². The number of pyridine rings is 2. The number of halogens is 1. The summed E-state index contributed by atoms with van der Waals surface area (Å²) in [6.07, 6.45) is 4.75. The Bertz CT molecular complexity index is 561. The minimum absolute atomic E-state index is 0.553. The summed E-state index contributed by atoms with van der Waals surface area (Å²) in [6.45, 7) is 3.06. The standard InChI is InChI=1S/C15H17ClN4/c16-14-9-13(4-7-17-14)20-8-5-12(11-20)10-19-15-3-1-2-6-18-15/h1-4,6-7,9,12H,5,8,10-11H2,(H,18,19). The van der Waals surface area contributed by atoms with Crippen LogP contribution in [-0.2, 0) is 0 Å². The molecular formula is C15H17ClN4. The Morgan fingerprint density at radius 3 is 3.00 bits per heavy atom. The first-order valence-electron chi connectivity index (χ1n) is 6.82. The molecule has 1 fully saturated rings. The van der Waals surface area contributed by atoms with Crippen molar-refractivity contribution in [3.05, 3.63) is 47.9 Å². The largest absolute Gasteiger partial charge is 0.371 e. The Balaban J connectivity index is 1.55. The molecule has 0 radical (unpaired) electrons. The van der Waals surface area contributed by atoms with Gasteiger partial charge in [0.15, 0.2) is 0 Å². The molecule has 1 N–H and O–H groups in total. The molecule has 1 aliphatic rings. The molecule has 0 saturated carbocycles. The summed E-state index contributed by atoms with van der Waals surface area (Å²) in [5, 5.41) is 3.95. The summed E-state index contributed by atoms with van der Waals surface area (Å²) >= 11 is 5.94. The second-order valence-corrected chi connectivity index (χ2v) is 5.42. The molecule has 1 atom stereocenters. The van der Waals surface area contributed by atoms with Crippen LogP contribution in [0.1, 0.15) is 6.42 Å². The van der Waals surface area contributed by atoms with E-state index < -0.39 is 0 Å². The van der Waals surface area contributed by atoms with Gasteiger partial charge in [0.2, 0.25) is 0 Å². The molecule has 2 aromatic heterocycles. The highest BCUT2D eigenvalue weighted by Crippen LogP contribution is 2.25. The molecule has 1 aliphatic heterocycles. The van der Waals surface area contributed by atoms with E-state index in [2.05, 4.69) is 20.2 Å². The summed E-state index contributed by atoms with van der Waals surface area (Å²) < 4.78 is 0. The maximum Gasteiger partial charge on any atom is 0.131 e. The van der Waals surface area contributed by atoms with E-state index in [0.29, 0.717) is 11.1 Å². The third-order valence-corrected chi connectivity index (χ3v) is 3.80. The summed E-state index contributed by atoms with van der Waals surface area (Å²) in [4.78, 5) is 10.7. The first-order chi connectivity index (χ1) is 9.81. The molecule has 0 aliphatic carbocycles. The predicted octanol–water partition coefficient (Wildman–Crippen LogP) is 3.07. The molecule has 5 heteroatoms. The Morgan fingerprint density at radius 1 is 1.25 bits per heavy atom. The zero-order chi connectivity index (χ0) is 13.8. The third kappa shape index (κ3) is 3.20. The fraction of sp³-hybridized carbons (Fsp3) is 0.333. The van der Waals surface area contributed by atoms with E-state index in [-0.39, 0.29) is 0 Å². The number of anilines is 2. The number of nitrogens with zero attached hydrogens (tertiary/aromatic N) is 3. The lowest BCUT2D eigenvalue weighted by Gasteiger charge is -2.19. The average molecular weight is 289 g/mol. The predicted molar refractivity (Wildman–Crippen MR) is 82.3 cm³/mol. The minimum atomic E-state index is 0.553. The lowest BCUT2D eigenvalue weighted by Crippen LogP contribution is -2.22. The summed E-state index contributed by atoms with van der Waals surface area (Å²) in [7, 11) is 0. The minimum Gasteiger partial charge on any atom is -0.371 e. The van der Waals surface area contributed by atoms with Gasteiger partial charge in [-0.05, 0) is 36.6 Å². The molecule has 4 nitrogen and oxygen atoms in total. The molecule has 1 unspecified atom stereocenters. The van der Waals surface area contributed by atoms with Crippen LogP contribution in [-0.4, -0.2) is 29.6 Å². The van der Waals surface area contributed by atoms with E-state index in [1.165, 1.54) is 6.42 Å². The first-order valence-corrected chi connectivity index (χ1v) is 7.20. The van der Waals surface area contributed by atoms with Gasteiger partial charge in [0.25, 0.3) is 0 Å². The highest BCUT2D eigenvalue weighted by Gasteiger charge is 2.22. The van der Waals surface area contributed by atoms with Crippen molar-refractivity contribution < 1.29 is 0 Å². The highest BCUT2D eigenvalue weighted by atomic mass is 35.5. The molecule has 1 saturated heterocycles. The quantitative estimate of drug-likeness (QED) is 0.878. The zero-order valence-electron chi connectivity index (χ0n) is 11.2. The topological polar surface area (TPSA) is 41.0 Å². The zero-order valence-corrected chi connectivity index (χ0v) is 11.9. The van der Waals surface area contributed by atoms with Crippen LogP contribution in [0.3, 0.4) is 0 Å². The van der Waals surface area contributed by atoms with Gasteiger partial charge in [-0.1, -0.05) is 17.7 Å². The van der Waals surface area contributed by atoms with Gasteiger partial charge in [0.05, 0.1) is 0 Å². The molecule has 20 heavy (non-hydrogen) atoms. The number of aromatic nitrogens is 2. The van der Waals surface area contributed by atoms with Gasteiger partial charge in [0.1, 0.15) is 11.0 Å². The van der Waals surface area contributed by atoms with Gasteiger partial charge in [-0.3, -0.25) is 0 Å². The Hall–Kier alpha value is -1.81. The Labute approximate surface area is 123 Å². The van der Waals surface area contributed by atoms with Crippen molar-refractivity contribution in [1.82, 2.24) is 9.97 Å².